The first-order valence-corrected chi connectivity index (χ1v) is 11.5. The molecule has 2 aromatic rings. The number of hydrogen-bond acceptors (Lipinski definition) is 4. The van der Waals surface area contributed by atoms with Gasteiger partial charge < -0.3 is 14.7 Å². The number of piperidine rings is 1. The zero-order chi connectivity index (χ0) is 22.2. The molecule has 1 amide bonds. The van der Waals surface area contributed by atoms with Gasteiger partial charge in [0, 0.05) is 37.5 Å². The Morgan fingerprint density at radius 1 is 1.00 bits per heavy atom. The van der Waals surface area contributed by atoms with E-state index in [0.717, 1.165) is 36.6 Å². The molecule has 2 aliphatic rings. The fraction of sp³-hybridized carbons (Fsp3) is 0.435. The Kier molecular flexibility index (Phi) is 6.44. The van der Waals surface area contributed by atoms with Crippen LogP contribution in [0.25, 0.3) is 0 Å². The lowest BCUT2D eigenvalue weighted by Gasteiger charge is -2.45. The van der Waals surface area contributed by atoms with E-state index in [0.29, 0.717) is 22.9 Å². The van der Waals surface area contributed by atoms with Gasteiger partial charge in [0.1, 0.15) is 0 Å². The third-order valence-electron chi connectivity index (χ3n) is 6.51. The maximum absolute atomic E-state index is 12.7. The van der Waals surface area contributed by atoms with Gasteiger partial charge in [0.25, 0.3) is 0 Å². The maximum Gasteiger partial charge on any atom is 0.413 e. The van der Waals surface area contributed by atoms with E-state index in [1.54, 1.807) is 25.1 Å². The SMILES string of the molecule is CC1(O)N(Cc2ccc(Cl)c(Cl)c2)C(=O)OC12CCN(CCc1ccc(Cl)cc1)CC2. The molecule has 0 aliphatic carbocycles. The second-order valence-corrected chi connectivity index (χ2v) is 9.69. The lowest BCUT2D eigenvalue weighted by molar-refractivity contribution is -0.166. The van der Waals surface area contributed by atoms with Crippen molar-refractivity contribution in [2.75, 3.05) is 19.6 Å². The molecule has 2 aliphatic heterocycles. The van der Waals surface area contributed by atoms with Crippen molar-refractivity contribution in [3.05, 3.63) is 68.7 Å². The van der Waals surface area contributed by atoms with Crippen molar-refractivity contribution in [1.29, 1.82) is 0 Å². The minimum Gasteiger partial charge on any atom is -0.437 e. The van der Waals surface area contributed by atoms with Crippen LogP contribution in [-0.4, -0.2) is 52.0 Å². The molecule has 1 atom stereocenters. The first-order valence-electron chi connectivity index (χ1n) is 10.3. The van der Waals surface area contributed by atoms with Crippen LogP contribution in [0.3, 0.4) is 0 Å². The highest BCUT2D eigenvalue weighted by atomic mass is 35.5. The monoisotopic (exact) mass is 482 g/mol. The molecule has 1 unspecified atom stereocenters. The van der Waals surface area contributed by atoms with E-state index in [2.05, 4.69) is 4.90 Å². The molecular weight excluding hydrogens is 459 g/mol. The lowest BCUT2D eigenvalue weighted by atomic mass is 9.82. The number of hydrogen-bond donors (Lipinski definition) is 1. The van der Waals surface area contributed by atoms with Crippen LogP contribution in [0, 0.1) is 0 Å². The number of amides is 1. The summed E-state index contributed by atoms with van der Waals surface area (Å²) in [4.78, 5) is 16.4. The summed E-state index contributed by atoms with van der Waals surface area (Å²) in [5.74, 6) is 0. The van der Waals surface area contributed by atoms with Gasteiger partial charge in [0.05, 0.1) is 16.6 Å². The summed E-state index contributed by atoms with van der Waals surface area (Å²) in [6.45, 7) is 4.26. The van der Waals surface area contributed by atoms with Crippen molar-refractivity contribution in [3.63, 3.8) is 0 Å². The summed E-state index contributed by atoms with van der Waals surface area (Å²) < 4.78 is 5.80. The standard InChI is InChI=1S/C23H25Cl3N2O3/c1-22(30)23(31-21(29)28(22)15-17-4-7-19(25)20(26)14-17)9-12-27(13-10-23)11-8-16-2-5-18(24)6-3-16/h2-7,14,30H,8-13,15H2,1H3. The Bertz CT molecular complexity index is 957. The summed E-state index contributed by atoms with van der Waals surface area (Å²) in [5.41, 5.74) is -0.323. The first kappa shape index (κ1) is 22.7. The number of rotatable bonds is 5. The average Bonchev–Trinajstić information content (AvgIpc) is 2.91. The Balaban J connectivity index is 1.39. The van der Waals surface area contributed by atoms with Gasteiger partial charge >= 0.3 is 6.09 Å². The van der Waals surface area contributed by atoms with Gasteiger partial charge in [0.15, 0.2) is 11.3 Å². The van der Waals surface area contributed by atoms with Crippen molar-refractivity contribution in [2.24, 2.45) is 0 Å². The highest BCUT2D eigenvalue weighted by Gasteiger charge is 2.62. The van der Waals surface area contributed by atoms with Crippen LogP contribution in [0.1, 0.15) is 30.9 Å². The molecule has 5 nitrogen and oxygen atoms in total. The van der Waals surface area contributed by atoms with E-state index in [1.807, 2.05) is 24.3 Å². The van der Waals surface area contributed by atoms with E-state index in [1.165, 1.54) is 10.5 Å². The zero-order valence-corrected chi connectivity index (χ0v) is 19.6. The molecule has 166 valence electrons. The number of nitrogens with zero attached hydrogens (tertiary/aromatic N) is 2. The molecule has 2 saturated heterocycles. The minimum absolute atomic E-state index is 0.199. The summed E-state index contributed by atoms with van der Waals surface area (Å²) >= 11 is 18.0. The van der Waals surface area contributed by atoms with Gasteiger partial charge in [-0.3, -0.25) is 4.90 Å². The fourth-order valence-electron chi connectivity index (χ4n) is 4.43. The Morgan fingerprint density at radius 2 is 1.65 bits per heavy atom. The highest BCUT2D eigenvalue weighted by molar-refractivity contribution is 6.42. The first-order chi connectivity index (χ1) is 14.7. The predicted molar refractivity (Wildman–Crippen MR) is 123 cm³/mol. The second-order valence-electron chi connectivity index (χ2n) is 8.44. The molecule has 2 fully saturated rings. The van der Waals surface area contributed by atoms with Crippen molar-refractivity contribution < 1.29 is 14.6 Å². The van der Waals surface area contributed by atoms with E-state index in [-0.39, 0.29) is 6.54 Å². The number of ether oxygens (including phenoxy) is 1. The molecular formula is C23H25Cl3N2O3. The molecule has 0 radical (unpaired) electrons. The van der Waals surface area contributed by atoms with Gasteiger partial charge in [-0.1, -0.05) is 53.0 Å². The van der Waals surface area contributed by atoms with Crippen LogP contribution in [0.2, 0.25) is 15.1 Å². The highest BCUT2D eigenvalue weighted by Crippen LogP contribution is 2.45. The molecule has 2 heterocycles. The van der Waals surface area contributed by atoms with Crippen LogP contribution >= 0.6 is 34.8 Å². The summed E-state index contributed by atoms with van der Waals surface area (Å²) in [5, 5.41) is 13.0. The molecule has 1 spiro atoms. The van der Waals surface area contributed by atoms with Crippen LogP contribution in [0.15, 0.2) is 42.5 Å². The maximum atomic E-state index is 12.7. The van der Waals surface area contributed by atoms with E-state index < -0.39 is 17.4 Å². The molecule has 31 heavy (non-hydrogen) atoms. The third-order valence-corrected chi connectivity index (χ3v) is 7.50. The molecule has 4 rings (SSSR count). The van der Waals surface area contributed by atoms with Gasteiger partial charge in [0.2, 0.25) is 0 Å². The van der Waals surface area contributed by atoms with Gasteiger partial charge in [-0.2, -0.15) is 0 Å². The summed E-state index contributed by atoms with van der Waals surface area (Å²) in [7, 11) is 0. The Hall–Kier alpha value is -1.50. The topological polar surface area (TPSA) is 53.0 Å². The average molecular weight is 484 g/mol. The number of carbonyl (C=O) groups excluding carboxylic acids is 1. The molecule has 1 N–H and O–H groups in total. The smallest absolute Gasteiger partial charge is 0.413 e. The predicted octanol–water partition coefficient (Wildman–Crippen LogP) is 5.38. The minimum atomic E-state index is -1.42. The van der Waals surface area contributed by atoms with E-state index >= 15 is 0 Å². The number of aliphatic hydroxyl groups is 1. The van der Waals surface area contributed by atoms with Crippen molar-refractivity contribution in [1.82, 2.24) is 9.80 Å². The number of halogens is 3. The van der Waals surface area contributed by atoms with Crippen LogP contribution in [0.4, 0.5) is 4.79 Å². The number of likely N-dealkylation sites (tertiary alicyclic amines) is 1. The summed E-state index contributed by atoms with van der Waals surface area (Å²) in [6.07, 6.45) is 1.56. The third kappa shape index (κ3) is 4.53. The lowest BCUT2D eigenvalue weighted by Crippen LogP contribution is -2.60. The normalized spacial score (nSPS) is 23.4. The largest absolute Gasteiger partial charge is 0.437 e. The van der Waals surface area contributed by atoms with Crippen LogP contribution in [-0.2, 0) is 17.7 Å². The van der Waals surface area contributed by atoms with Gasteiger partial charge in [-0.25, -0.2) is 4.79 Å². The zero-order valence-electron chi connectivity index (χ0n) is 17.3. The molecule has 0 aromatic heterocycles. The van der Waals surface area contributed by atoms with Crippen molar-refractivity contribution >= 4 is 40.9 Å². The fourth-order valence-corrected chi connectivity index (χ4v) is 4.88. The van der Waals surface area contributed by atoms with Gasteiger partial charge in [-0.05, 0) is 48.7 Å². The van der Waals surface area contributed by atoms with Crippen molar-refractivity contribution in [3.8, 4) is 0 Å². The molecule has 8 heteroatoms. The Labute approximate surface area is 197 Å². The van der Waals surface area contributed by atoms with E-state index in [4.69, 9.17) is 39.5 Å². The molecule has 0 saturated carbocycles. The molecule has 0 bridgehead atoms. The van der Waals surface area contributed by atoms with Gasteiger partial charge in [-0.15, -0.1) is 0 Å². The van der Waals surface area contributed by atoms with Crippen molar-refractivity contribution in [2.45, 2.75) is 44.1 Å². The second kappa shape index (κ2) is 8.80. The Morgan fingerprint density at radius 3 is 2.29 bits per heavy atom. The van der Waals surface area contributed by atoms with E-state index in [9.17, 15) is 9.90 Å². The van der Waals surface area contributed by atoms with Crippen LogP contribution in [0.5, 0.6) is 0 Å². The number of benzene rings is 2. The van der Waals surface area contributed by atoms with Crippen LogP contribution < -0.4 is 0 Å². The number of carbonyl (C=O) groups is 1. The summed E-state index contributed by atoms with van der Waals surface area (Å²) in [6, 6.07) is 13.1. The quantitative estimate of drug-likeness (QED) is 0.620. The molecule has 2 aromatic carbocycles.